The highest BCUT2D eigenvalue weighted by Crippen LogP contribution is 2.21. The molecule has 0 aromatic carbocycles. The second-order valence-electron chi connectivity index (χ2n) is 3.63. The second kappa shape index (κ2) is 4.03. The van der Waals surface area contributed by atoms with E-state index in [2.05, 4.69) is 15.9 Å². The van der Waals surface area contributed by atoms with Crippen LogP contribution in [0.2, 0.25) is 0 Å². The van der Waals surface area contributed by atoms with Gasteiger partial charge in [-0.1, -0.05) is 15.9 Å². The molecule has 1 amide bonds. The zero-order chi connectivity index (χ0) is 10.1. The number of hydrogen-bond acceptors (Lipinski definition) is 2. The molecule has 1 aliphatic heterocycles. The SMILES string of the molecule is Cc1csc(C(=O)N2CCC(Br)C2)c1. The van der Waals surface area contributed by atoms with E-state index in [1.807, 2.05) is 23.3 Å². The normalized spacial score (nSPS) is 21.6. The van der Waals surface area contributed by atoms with Gasteiger partial charge in [0.15, 0.2) is 0 Å². The minimum atomic E-state index is 0.185. The lowest BCUT2D eigenvalue weighted by Crippen LogP contribution is -2.27. The number of carbonyl (C=O) groups is 1. The predicted octanol–water partition coefficient (Wildman–Crippen LogP) is 2.67. The molecule has 1 unspecified atom stereocenters. The van der Waals surface area contributed by atoms with Crippen LogP contribution in [0, 0.1) is 6.92 Å². The lowest BCUT2D eigenvalue weighted by molar-refractivity contribution is 0.0798. The minimum Gasteiger partial charge on any atom is -0.337 e. The highest BCUT2D eigenvalue weighted by atomic mass is 79.9. The molecule has 0 bridgehead atoms. The van der Waals surface area contributed by atoms with Gasteiger partial charge >= 0.3 is 0 Å². The Bertz CT molecular complexity index is 350. The van der Waals surface area contributed by atoms with Gasteiger partial charge in [0.1, 0.15) is 0 Å². The third-order valence-corrected chi connectivity index (χ3v) is 4.14. The zero-order valence-corrected chi connectivity index (χ0v) is 10.4. The van der Waals surface area contributed by atoms with E-state index in [4.69, 9.17) is 0 Å². The van der Waals surface area contributed by atoms with Crippen molar-refractivity contribution in [1.82, 2.24) is 4.90 Å². The molecule has 1 aliphatic rings. The second-order valence-corrected chi connectivity index (χ2v) is 5.83. The topological polar surface area (TPSA) is 20.3 Å². The lowest BCUT2D eigenvalue weighted by Gasteiger charge is -2.13. The zero-order valence-electron chi connectivity index (χ0n) is 8.00. The highest BCUT2D eigenvalue weighted by molar-refractivity contribution is 9.09. The fourth-order valence-corrected chi connectivity index (χ4v) is 3.02. The van der Waals surface area contributed by atoms with Crippen LogP contribution in [0.4, 0.5) is 0 Å². The van der Waals surface area contributed by atoms with Crippen LogP contribution in [0.1, 0.15) is 21.7 Å². The van der Waals surface area contributed by atoms with Gasteiger partial charge < -0.3 is 4.90 Å². The molecular formula is C10H12BrNOS. The lowest BCUT2D eigenvalue weighted by atomic mass is 10.3. The molecule has 76 valence electrons. The van der Waals surface area contributed by atoms with Gasteiger partial charge in [0.05, 0.1) is 4.88 Å². The Morgan fingerprint density at radius 1 is 1.71 bits per heavy atom. The average molecular weight is 274 g/mol. The molecule has 2 rings (SSSR count). The Morgan fingerprint density at radius 3 is 3.00 bits per heavy atom. The van der Waals surface area contributed by atoms with Gasteiger partial charge in [-0.3, -0.25) is 4.79 Å². The molecule has 0 saturated carbocycles. The molecule has 2 nitrogen and oxygen atoms in total. The first-order valence-electron chi connectivity index (χ1n) is 4.65. The van der Waals surface area contributed by atoms with Gasteiger partial charge in [-0.2, -0.15) is 0 Å². The Balaban J connectivity index is 2.09. The summed E-state index contributed by atoms with van der Waals surface area (Å²) in [6.07, 6.45) is 1.07. The standard InChI is InChI=1S/C10H12BrNOS/c1-7-4-9(14-6-7)10(13)12-3-2-8(11)5-12/h4,6,8H,2-3,5H2,1H3. The molecule has 0 spiro atoms. The summed E-state index contributed by atoms with van der Waals surface area (Å²) in [5.41, 5.74) is 1.17. The van der Waals surface area contributed by atoms with Crippen molar-refractivity contribution in [2.75, 3.05) is 13.1 Å². The summed E-state index contributed by atoms with van der Waals surface area (Å²) in [6, 6.07) is 1.97. The summed E-state index contributed by atoms with van der Waals surface area (Å²) in [4.78, 5) is 15.2. The number of carbonyl (C=O) groups excluding carboxylic acids is 1. The van der Waals surface area contributed by atoms with Gasteiger partial charge in [-0.05, 0) is 30.4 Å². The third kappa shape index (κ3) is 2.01. The molecular weight excluding hydrogens is 262 g/mol. The molecule has 0 aliphatic carbocycles. The number of aryl methyl sites for hydroxylation is 1. The van der Waals surface area contributed by atoms with Crippen molar-refractivity contribution in [2.24, 2.45) is 0 Å². The molecule has 1 aromatic rings. The van der Waals surface area contributed by atoms with Gasteiger partial charge in [-0.25, -0.2) is 0 Å². The van der Waals surface area contributed by atoms with Crippen molar-refractivity contribution in [3.8, 4) is 0 Å². The number of amides is 1. The highest BCUT2D eigenvalue weighted by Gasteiger charge is 2.25. The molecule has 1 saturated heterocycles. The molecule has 1 atom stereocenters. The first kappa shape index (κ1) is 10.2. The number of nitrogens with zero attached hydrogens (tertiary/aromatic N) is 1. The number of halogens is 1. The Labute approximate surface area is 96.0 Å². The number of likely N-dealkylation sites (tertiary alicyclic amines) is 1. The summed E-state index contributed by atoms with van der Waals surface area (Å²) in [7, 11) is 0. The van der Waals surface area contributed by atoms with Crippen LogP contribution in [0.3, 0.4) is 0 Å². The van der Waals surface area contributed by atoms with Crippen molar-refractivity contribution in [2.45, 2.75) is 18.2 Å². The quantitative estimate of drug-likeness (QED) is 0.721. The van der Waals surface area contributed by atoms with E-state index in [9.17, 15) is 4.79 Å². The van der Waals surface area contributed by atoms with E-state index >= 15 is 0 Å². The van der Waals surface area contributed by atoms with Crippen molar-refractivity contribution >= 4 is 33.2 Å². The maximum absolute atomic E-state index is 11.9. The van der Waals surface area contributed by atoms with Crippen LogP contribution in [0.5, 0.6) is 0 Å². The monoisotopic (exact) mass is 273 g/mol. The van der Waals surface area contributed by atoms with E-state index in [-0.39, 0.29) is 5.91 Å². The van der Waals surface area contributed by atoms with E-state index in [1.54, 1.807) is 0 Å². The maximum atomic E-state index is 11.9. The van der Waals surface area contributed by atoms with Crippen LogP contribution in [-0.4, -0.2) is 28.7 Å². The van der Waals surface area contributed by atoms with Crippen LogP contribution in [0.25, 0.3) is 0 Å². The minimum absolute atomic E-state index is 0.185. The Kier molecular flexibility index (Phi) is 2.93. The van der Waals surface area contributed by atoms with Crippen LogP contribution in [0.15, 0.2) is 11.4 Å². The van der Waals surface area contributed by atoms with E-state index < -0.39 is 0 Å². The van der Waals surface area contributed by atoms with Crippen molar-refractivity contribution in [3.63, 3.8) is 0 Å². The van der Waals surface area contributed by atoms with Crippen molar-refractivity contribution < 1.29 is 4.79 Å². The maximum Gasteiger partial charge on any atom is 0.263 e. The summed E-state index contributed by atoms with van der Waals surface area (Å²) in [6.45, 7) is 3.74. The van der Waals surface area contributed by atoms with E-state index in [0.717, 1.165) is 24.4 Å². The summed E-state index contributed by atoms with van der Waals surface area (Å²) in [5, 5.41) is 2.02. The van der Waals surface area contributed by atoms with Gasteiger partial charge in [0.25, 0.3) is 5.91 Å². The summed E-state index contributed by atoms with van der Waals surface area (Å²) < 4.78 is 0. The average Bonchev–Trinajstić information content (AvgIpc) is 2.73. The predicted molar refractivity (Wildman–Crippen MR) is 62.3 cm³/mol. The van der Waals surface area contributed by atoms with Gasteiger partial charge in [-0.15, -0.1) is 11.3 Å². The number of alkyl halides is 1. The van der Waals surface area contributed by atoms with Crippen molar-refractivity contribution in [3.05, 3.63) is 21.9 Å². The molecule has 4 heteroatoms. The summed E-state index contributed by atoms with van der Waals surface area (Å²) >= 11 is 5.07. The van der Waals surface area contributed by atoms with Gasteiger partial charge in [0.2, 0.25) is 0 Å². The largest absolute Gasteiger partial charge is 0.337 e. The fourth-order valence-electron chi connectivity index (χ4n) is 1.60. The van der Waals surface area contributed by atoms with E-state index in [0.29, 0.717) is 4.83 Å². The Hall–Kier alpha value is -0.350. The third-order valence-electron chi connectivity index (χ3n) is 2.36. The molecule has 0 N–H and O–H groups in total. The Morgan fingerprint density at radius 2 is 2.50 bits per heavy atom. The molecule has 1 aromatic heterocycles. The fraction of sp³-hybridized carbons (Fsp3) is 0.500. The van der Waals surface area contributed by atoms with Crippen LogP contribution >= 0.6 is 27.3 Å². The molecule has 2 heterocycles. The number of rotatable bonds is 1. The summed E-state index contributed by atoms with van der Waals surface area (Å²) in [5.74, 6) is 0.185. The molecule has 14 heavy (non-hydrogen) atoms. The molecule has 1 fully saturated rings. The smallest absolute Gasteiger partial charge is 0.263 e. The number of hydrogen-bond donors (Lipinski definition) is 0. The molecule has 0 radical (unpaired) electrons. The van der Waals surface area contributed by atoms with Crippen molar-refractivity contribution in [1.29, 1.82) is 0 Å². The first-order valence-corrected chi connectivity index (χ1v) is 6.45. The van der Waals surface area contributed by atoms with Crippen LogP contribution in [-0.2, 0) is 0 Å². The van der Waals surface area contributed by atoms with Crippen LogP contribution < -0.4 is 0 Å². The number of thiophene rings is 1. The van der Waals surface area contributed by atoms with E-state index in [1.165, 1.54) is 16.9 Å². The van der Waals surface area contributed by atoms with Gasteiger partial charge in [0, 0.05) is 17.9 Å². The first-order chi connectivity index (χ1) is 6.66.